The number of hydrogen-bond acceptors (Lipinski definition) is 4. The highest BCUT2D eigenvalue weighted by atomic mass is 35.5. The monoisotopic (exact) mass is 467 g/mol. The van der Waals surface area contributed by atoms with Gasteiger partial charge in [0.05, 0.1) is 18.8 Å². The fraction of sp³-hybridized carbons (Fsp3) is 0.370. The van der Waals surface area contributed by atoms with Gasteiger partial charge in [-0.1, -0.05) is 48.0 Å². The predicted octanol–water partition coefficient (Wildman–Crippen LogP) is 5.93. The number of fused-ring (bicyclic) bond motifs is 1. The number of ether oxygens (including phenoxy) is 2. The summed E-state index contributed by atoms with van der Waals surface area (Å²) in [6.07, 6.45) is -1.11. The topological polar surface area (TPSA) is 59.0 Å². The van der Waals surface area contributed by atoms with Crippen LogP contribution in [0.1, 0.15) is 38.0 Å². The van der Waals surface area contributed by atoms with E-state index in [0.717, 1.165) is 40.6 Å². The number of rotatable bonds is 6. The van der Waals surface area contributed by atoms with Crippen LogP contribution in [-0.4, -0.2) is 47.9 Å². The maximum absolute atomic E-state index is 12.6. The fourth-order valence-corrected chi connectivity index (χ4v) is 4.49. The van der Waals surface area contributed by atoms with Crippen molar-refractivity contribution in [3.63, 3.8) is 0 Å². The summed E-state index contributed by atoms with van der Waals surface area (Å²) < 4.78 is 11.7. The van der Waals surface area contributed by atoms with E-state index in [1.165, 1.54) is 0 Å². The Hall–Kier alpha value is -2.44. The Bertz CT molecular complexity index is 1130. The fourth-order valence-electron chi connectivity index (χ4n) is 4.37. The maximum atomic E-state index is 12.6. The molecule has 6 heteroatoms. The van der Waals surface area contributed by atoms with Crippen LogP contribution in [0.4, 0.5) is 0 Å². The molecule has 0 unspecified atom stereocenters. The molecule has 1 saturated heterocycles. The van der Waals surface area contributed by atoms with Crippen molar-refractivity contribution in [2.24, 2.45) is 0 Å². The number of hydrogen-bond donors (Lipinski definition) is 1. The van der Waals surface area contributed by atoms with Crippen LogP contribution < -0.4 is 0 Å². The highest BCUT2D eigenvalue weighted by Crippen LogP contribution is 2.41. The Kier molecular flexibility index (Phi) is 7.05. The third kappa shape index (κ3) is 5.56. The number of halogens is 1. The van der Waals surface area contributed by atoms with Crippen molar-refractivity contribution in [1.82, 2.24) is 4.90 Å². The van der Waals surface area contributed by atoms with Crippen LogP contribution >= 0.6 is 11.6 Å². The van der Waals surface area contributed by atoms with Crippen molar-refractivity contribution in [3.05, 3.63) is 70.7 Å². The second-order valence-corrected chi connectivity index (χ2v) is 9.83. The minimum absolute atomic E-state index is 0.626. The Morgan fingerprint density at radius 3 is 2.42 bits per heavy atom. The van der Waals surface area contributed by atoms with Crippen LogP contribution in [0.25, 0.3) is 21.9 Å². The molecule has 5 nitrogen and oxygen atoms in total. The zero-order chi connectivity index (χ0) is 23.6. The zero-order valence-electron chi connectivity index (χ0n) is 19.3. The molecule has 0 aromatic heterocycles. The van der Waals surface area contributed by atoms with Gasteiger partial charge in [0.25, 0.3) is 0 Å². The van der Waals surface area contributed by atoms with Crippen molar-refractivity contribution >= 4 is 28.3 Å². The highest BCUT2D eigenvalue weighted by Gasteiger charge is 2.33. The maximum Gasteiger partial charge on any atom is 0.337 e. The first-order valence-corrected chi connectivity index (χ1v) is 11.6. The third-order valence-electron chi connectivity index (χ3n) is 5.76. The van der Waals surface area contributed by atoms with Crippen LogP contribution in [0.15, 0.2) is 54.6 Å². The molecular formula is C27H30ClNO4. The second kappa shape index (κ2) is 9.82. The van der Waals surface area contributed by atoms with E-state index in [0.29, 0.717) is 30.3 Å². The van der Waals surface area contributed by atoms with Gasteiger partial charge in [-0.2, -0.15) is 0 Å². The molecule has 0 bridgehead atoms. The van der Waals surface area contributed by atoms with Crippen molar-refractivity contribution in [2.75, 3.05) is 26.3 Å². The summed E-state index contributed by atoms with van der Waals surface area (Å²) in [7, 11) is 0. The van der Waals surface area contributed by atoms with E-state index in [2.05, 4.69) is 17.0 Å². The number of nitrogens with zero attached hydrogens (tertiary/aromatic N) is 1. The quantitative estimate of drug-likeness (QED) is 0.486. The largest absolute Gasteiger partial charge is 0.479 e. The van der Waals surface area contributed by atoms with E-state index >= 15 is 0 Å². The molecule has 1 N–H and O–H groups in total. The van der Waals surface area contributed by atoms with E-state index in [-0.39, 0.29) is 0 Å². The SMILES string of the molecule is CC(C)(C)O[C@H](C(=O)O)c1c(CN2CCOCC2)cc2ccccc2c1-c1ccc(Cl)cc1. The Morgan fingerprint density at radius 2 is 1.79 bits per heavy atom. The molecule has 1 fully saturated rings. The molecule has 1 aliphatic heterocycles. The summed E-state index contributed by atoms with van der Waals surface area (Å²) in [6.45, 7) is 9.23. The van der Waals surface area contributed by atoms with Gasteiger partial charge in [0.15, 0.2) is 6.10 Å². The minimum Gasteiger partial charge on any atom is -0.479 e. The second-order valence-electron chi connectivity index (χ2n) is 9.39. The molecule has 0 radical (unpaired) electrons. The van der Waals surface area contributed by atoms with E-state index < -0.39 is 17.7 Å². The van der Waals surface area contributed by atoms with Gasteiger partial charge >= 0.3 is 5.97 Å². The molecule has 0 spiro atoms. The zero-order valence-corrected chi connectivity index (χ0v) is 20.1. The summed E-state index contributed by atoms with van der Waals surface area (Å²) in [6, 6.07) is 17.8. The first-order valence-electron chi connectivity index (χ1n) is 11.2. The average molecular weight is 468 g/mol. The Labute approximate surface area is 199 Å². The molecule has 4 rings (SSSR count). The van der Waals surface area contributed by atoms with Crippen LogP contribution in [0.5, 0.6) is 0 Å². The number of morpholine rings is 1. The van der Waals surface area contributed by atoms with Crippen LogP contribution in [0.3, 0.4) is 0 Å². The smallest absolute Gasteiger partial charge is 0.337 e. The number of carboxylic acid groups (broad SMARTS) is 1. The van der Waals surface area contributed by atoms with Crippen molar-refractivity contribution in [2.45, 2.75) is 39.0 Å². The van der Waals surface area contributed by atoms with Crippen LogP contribution in [-0.2, 0) is 20.8 Å². The standard InChI is InChI=1S/C27H30ClNO4/c1-27(2,3)33-25(26(30)31)24-20(17-29-12-14-32-15-13-29)16-19-6-4-5-7-22(19)23(24)18-8-10-21(28)11-9-18/h4-11,16,25H,12-15,17H2,1-3H3,(H,30,31)/t25-/m0/s1. The molecule has 1 heterocycles. The lowest BCUT2D eigenvalue weighted by Crippen LogP contribution is -2.36. The summed E-state index contributed by atoms with van der Waals surface area (Å²) in [4.78, 5) is 14.9. The predicted molar refractivity (Wildman–Crippen MR) is 132 cm³/mol. The summed E-state index contributed by atoms with van der Waals surface area (Å²) >= 11 is 6.18. The van der Waals surface area contributed by atoms with Gasteiger partial charge < -0.3 is 14.6 Å². The van der Waals surface area contributed by atoms with Gasteiger partial charge in [0.2, 0.25) is 0 Å². The number of carbonyl (C=O) groups is 1. The summed E-state index contributed by atoms with van der Waals surface area (Å²) in [5, 5.41) is 13.0. The van der Waals surface area contributed by atoms with E-state index in [1.54, 1.807) is 0 Å². The number of carboxylic acids is 1. The lowest BCUT2D eigenvalue weighted by molar-refractivity contribution is -0.160. The van der Waals surface area contributed by atoms with E-state index in [1.807, 2.05) is 63.2 Å². The first-order chi connectivity index (χ1) is 15.7. The van der Waals surface area contributed by atoms with Gasteiger partial charge in [0.1, 0.15) is 0 Å². The van der Waals surface area contributed by atoms with E-state index in [4.69, 9.17) is 21.1 Å². The van der Waals surface area contributed by atoms with Gasteiger partial charge in [-0.3, -0.25) is 4.90 Å². The average Bonchev–Trinajstić information content (AvgIpc) is 2.77. The van der Waals surface area contributed by atoms with Crippen LogP contribution in [0.2, 0.25) is 5.02 Å². The van der Waals surface area contributed by atoms with E-state index in [9.17, 15) is 9.90 Å². The Morgan fingerprint density at radius 1 is 1.12 bits per heavy atom. The summed E-state index contributed by atoms with van der Waals surface area (Å²) in [5.41, 5.74) is 2.81. The molecule has 3 aromatic carbocycles. The summed E-state index contributed by atoms with van der Waals surface area (Å²) in [5.74, 6) is -1.00. The molecule has 0 saturated carbocycles. The van der Waals surface area contributed by atoms with Crippen LogP contribution in [0, 0.1) is 0 Å². The van der Waals surface area contributed by atoms with Gasteiger partial charge in [-0.15, -0.1) is 0 Å². The molecule has 0 amide bonds. The lowest BCUT2D eigenvalue weighted by Gasteiger charge is -2.32. The first kappa shape index (κ1) is 23.7. The van der Waals surface area contributed by atoms with Gasteiger partial charge in [-0.25, -0.2) is 4.79 Å². The third-order valence-corrected chi connectivity index (χ3v) is 6.02. The molecule has 33 heavy (non-hydrogen) atoms. The molecule has 0 aliphatic carbocycles. The number of benzene rings is 3. The molecule has 1 atom stereocenters. The number of aliphatic carboxylic acids is 1. The van der Waals surface area contributed by atoms with Gasteiger partial charge in [-0.05, 0) is 66.4 Å². The highest BCUT2D eigenvalue weighted by molar-refractivity contribution is 6.30. The minimum atomic E-state index is -1.11. The van der Waals surface area contributed by atoms with Crippen molar-refractivity contribution in [1.29, 1.82) is 0 Å². The molecular weight excluding hydrogens is 438 g/mol. The van der Waals surface area contributed by atoms with Crippen molar-refractivity contribution in [3.8, 4) is 11.1 Å². The molecule has 3 aromatic rings. The molecule has 174 valence electrons. The lowest BCUT2D eigenvalue weighted by atomic mass is 9.86. The molecule has 1 aliphatic rings. The normalized spacial score (nSPS) is 16.1. The van der Waals surface area contributed by atoms with Crippen molar-refractivity contribution < 1.29 is 19.4 Å². The Balaban J connectivity index is 2.00. The van der Waals surface area contributed by atoms with Gasteiger partial charge in [0, 0.05) is 30.2 Å².